The minimum Gasteiger partial charge on any atom is -0.495 e. The molecule has 2 heterocycles. The van der Waals surface area contributed by atoms with Crippen LogP contribution in [0.25, 0.3) is 10.9 Å². The molecule has 0 unspecified atom stereocenters. The van der Waals surface area contributed by atoms with Crippen LogP contribution in [0.2, 0.25) is 0 Å². The summed E-state index contributed by atoms with van der Waals surface area (Å²) in [6, 6.07) is 18.1. The fourth-order valence-electron chi connectivity index (χ4n) is 4.68. The van der Waals surface area contributed by atoms with E-state index in [1.165, 1.54) is 0 Å². The molecule has 0 radical (unpaired) electrons. The fourth-order valence-corrected chi connectivity index (χ4v) is 4.68. The largest absolute Gasteiger partial charge is 0.495 e. The molecule has 0 aliphatic carbocycles. The van der Waals surface area contributed by atoms with Gasteiger partial charge in [0.2, 0.25) is 5.91 Å². The fraction of sp³-hybridized carbons (Fsp3) is 0.281. The van der Waals surface area contributed by atoms with Crippen LogP contribution in [0, 0.1) is 0 Å². The van der Waals surface area contributed by atoms with E-state index in [9.17, 15) is 9.59 Å². The Morgan fingerprint density at radius 2 is 1.75 bits per heavy atom. The molecular formula is C32H36N6O6. The van der Waals surface area contributed by atoms with Gasteiger partial charge in [-0.1, -0.05) is 12.1 Å². The number of nitrogens with zero attached hydrogens (tertiary/aromatic N) is 2. The van der Waals surface area contributed by atoms with Gasteiger partial charge in [-0.2, -0.15) is 0 Å². The number of nitrogens with two attached hydrogens (primary N) is 1. The molecule has 2 amide bonds. The lowest BCUT2D eigenvalue weighted by Crippen LogP contribution is -2.38. The summed E-state index contributed by atoms with van der Waals surface area (Å²) in [7, 11) is 3.10. The lowest BCUT2D eigenvalue weighted by Gasteiger charge is -2.26. The highest BCUT2D eigenvalue weighted by atomic mass is 16.5. The Bertz CT molecular complexity index is 1610. The molecule has 5 rings (SSSR count). The van der Waals surface area contributed by atoms with Gasteiger partial charge >= 0.3 is 0 Å². The van der Waals surface area contributed by atoms with Gasteiger partial charge < -0.3 is 40.6 Å². The van der Waals surface area contributed by atoms with Crippen LogP contribution in [0.1, 0.15) is 6.42 Å². The van der Waals surface area contributed by atoms with Crippen molar-refractivity contribution in [1.82, 2.24) is 15.2 Å². The molecule has 0 saturated carbocycles. The van der Waals surface area contributed by atoms with Gasteiger partial charge in [0.1, 0.15) is 11.5 Å². The first-order valence-corrected chi connectivity index (χ1v) is 14.3. The molecule has 0 spiro atoms. The van der Waals surface area contributed by atoms with E-state index in [4.69, 9.17) is 24.7 Å². The Hall–Kier alpha value is -5.07. The van der Waals surface area contributed by atoms with E-state index in [0.717, 1.165) is 24.2 Å². The van der Waals surface area contributed by atoms with Crippen LogP contribution in [0.15, 0.2) is 66.9 Å². The number of methoxy groups -OCH3 is 1. The summed E-state index contributed by atoms with van der Waals surface area (Å²) in [5, 5.41) is 9.60. The van der Waals surface area contributed by atoms with Crippen LogP contribution in [0.5, 0.6) is 23.0 Å². The highest BCUT2D eigenvalue weighted by Gasteiger charge is 2.16. The van der Waals surface area contributed by atoms with Gasteiger partial charge in [0.15, 0.2) is 18.1 Å². The van der Waals surface area contributed by atoms with Crippen LogP contribution in [0.4, 0.5) is 22.7 Å². The Balaban J connectivity index is 1.29. The molecule has 12 heteroatoms. The van der Waals surface area contributed by atoms with Gasteiger partial charge in [-0.3, -0.25) is 19.5 Å². The number of hydrogen-bond donors (Lipinski definition) is 4. The van der Waals surface area contributed by atoms with Crippen LogP contribution in [-0.2, 0) is 14.3 Å². The van der Waals surface area contributed by atoms with Crippen molar-refractivity contribution in [2.75, 3.05) is 70.0 Å². The third-order valence-corrected chi connectivity index (χ3v) is 7.09. The molecule has 1 fully saturated rings. The number of para-hydroxylation sites is 2. The second-order valence-corrected chi connectivity index (χ2v) is 10.1. The zero-order valence-electron chi connectivity index (χ0n) is 24.7. The summed E-state index contributed by atoms with van der Waals surface area (Å²) in [5.41, 5.74) is 9.39. The SMILES string of the molecule is CNC(=O)COc1ccccc1Oc1ccc(Nc2c(N)cnc3cc(NC(=O)CCN4CCOCC4)c(OC)cc23)cc1. The second-order valence-electron chi connectivity index (χ2n) is 10.1. The van der Waals surface area contributed by atoms with Crippen LogP contribution in [-0.4, -0.2) is 75.3 Å². The van der Waals surface area contributed by atoms with Gasteiger partial charge in [-0.05, 0) is 48.5 Å². The molecule has 0 bridgehead atoms. The first kappa shape index (κ1) is 30.4. The summed E-state index contributed by atoms with van der Waals surface area (Å²) in [6.45, 7) is 3.58. The van der Waals surface area contributed by atoms with Crippen molar-refractivity contribution in [1.29, 1.82) is 0 Å². The van der Waals surface area contributed by atoms with E-state index in [2.05, 4.69) is 25.8 Å². The number of nitrogen functional groups attached to an aromatic ring is 1. The number of hydrogen-bond acceptors (Lipinski definition) is 10. The maximum Gasteiger partial charge on any atom is 0.257 e. The molecule has 1 aliphatic heterocycles. The van der Waals surface area contributed by atoms with Gasteiger partial charge in [0.05, 0.1) is 49.1 Å². The molecule has 3 aromatic carbocycles. The molecule has 5 N–H and O–H groups in total. The zero-order valence-corrected chi connectivity index (χ0v) is 24.7. The van der Waals surface area contributed by atoms with Gasteiger partial charge in [0, 0.05) is 44.2 Å². The van der Waals surface area contributed by atoms with E-state index in [1.807, 2.05) is 36.4 Å². The lowest BCUT2D eigenvalue weighted by molar-refractivity contribution is -0.122. The second kappa shape index (κ2) is 14.4. The van der Waals surface area contributed by atoms with E-state index < -0.39 is 0 Å². The molecule has 1 saturated heterocycles. The molecule has 0 atom stereocenters. The number of carbonyl (C=O) groups excluding carboxylic acids is 2. The average molecular weight is 601 g/mol. The number of morpholine rings is 1. The Kier molecular flexibility index (Phi) is 9.95. The molecular weight excluding hydrogens is 564 g/mol. The maximum absolute atomic E-state index is 12.7. The van der Waals surface area contributed by atoms with E-state index in [0.29, 0.717) is 71.8 Å². The van der Waals surface area contributed by atoms with Crippen LogP contribution in [0.3, 0.4) is 0 Å². The van der Waals surface area contributed by atoms with Gasteiger partial charge in [-0.15, -0.1) is 0 Å². The Labute approximate surface area is 255 Å². The van der Waals surface area contributed by atoms with Crippen molar-refractivity contribution in [2.24, 2.45) is 0 Å². The number of ether oxygens (including phenoxy) is 4. The number of nitrogens with one attached hydrogen (secondary N) is 3. The van der Waals surface area contributed by atoms with Crippen molar-refractivity contribution in [3.63, 3.8) is 0 Å². The third-order valence-electron chi connectivity index (χ3n) is 7.09. The smallest absolute Gasteiger partial charge is 0.257 e. The summed E-state index contributed by atoms with van der Waals surface area (Å²) in [5.74, 6) is 1.67. The minimum atomic E-state index is -0.240. The van der Waals surface area contributed by atoms with Gasteiger partial charge in [0.25, 0.3) is 5.91 Å². The van der Waals surface area contributed by atoms with Gasteiger partial charge in [-0.25, -0.2) is 0 Å². The van der Waals surface area contributed by atoms with Crippen LogP contribution < -0.4 is 35.9 Å². The van der Waals surface area contributed by atoms with Crippen molar-refractivity contribution in [3.05, 3.63) is 66.9 Å². The minimum absolute atomic E-state index is 0.106. The van der Waals surface area contributed by atoms with Crippen molar-refractivity contribution in [2.45, 2.75) is 6.42 Å². The maximum atomic E-state index is 12.7. The van der Waals surface area contributed by atoms with E-state index >= 15 is 0 Å². The molecule has 1 aliphatic rings. The number of rotatable bonds is 12. The molecule has 44 heavy (non-hydrogen) atoms. The highest BCUT2D eigenvalue weighted by molar-refractivity contribution is 6.03. The van der Waals surface area contributed by atoms with Crippen molar-refractivity contribution in [3.8, 4) is 23.0 Å². The zero-order chi connectivity index (χ0) is 30.9. The monoisotopic (exact) mass is 600 g/mol. The number of carbonyl (C=O) groups is 2. The first-order valence-electron chi connectivity index (χ1n) is 14.3. The predicted molar refractivity (Wildman–Crippen MR) is 169 cm³/mol. The third kappa shape index (κ3) is 7.65. The summed E-state index contributed by atoms with van der Waals surface area (Å²) in [6.07, 6.45) is 1.94. The Morgan fingerprint density at radius 1 is 1.00 bits per heavy atom. The normalized spacial score (nSPS) is 13.2. The topological polar surface area (TPSA) is 149 Å². The van der Waals surface area contributed by atoms with Crippen LogP contribution >= 0.6 is 0 Å². The van der Waals surface area contributed by atoms with Crippen molar-refractivity contribution >= 4 is 45.5 Å². The first-order chi connectivity index (χ1) is 21.4. The Morgan fingerprint density at radius 3 is 2.48 bits per heavy atom. The summed E-state index contributed by atoms with van der Waals surface area (Å²) in [4.78, 5) is 31.0. The average Bonchev–Trinajstić information content (AvgIpc) is 3.05. The quantitative estimate of drug-likeness (QED) is 0.187. The predicted octanol–water partition coefficient (Wildman–Crippen LogP) is 4.15. The summed E-state index contributed by atoms with van der Waals surface area (Å²) < 4.78 is 22.6. The van der Waals surface area contributed by atoms with E-state index in [-0.39, 0.29) is 18.4 Å². The molecule has 4 aromatic rings. The summed E-state index contributed by atoms with van der Waals surface area (Å²) >= 11 is 0. The number of pyridine rings is 1. The van der Waals surface area contributed by atoms with Crippen molar-refractivity contribution < 1.29 is 28.5 Å². The number of anilines is 4. The lowest BCUT2D eigenvalue weighted by atomic mass is 10.1. The highest BCUT2D eigenvalue weighted by Crippen LogP contribution is 2.38. The number of fused-ring (bicyclic) bond motifs is 1. The molecule has 1 aromatic heterocycles. The number of likely N-dealkylation sites (N-methyl/N-ethyl adjacent to an activating group) is 1. The molecule has 230 valence electrons. The molecule has 12 nitrogen and oxygen atoms in total. The number of benzene rings is 3. The number of aromatic nitrogens is 1. The number of amides is 2. The van der Waals surface area contributed by atoms with E-state index in [1.54, 1.807) is 44.6 Å². The standard InChI is InChI=1S/C32H36N6O6/c1-34-31(40)20-43-27-5-3-4-6-28(27)44-22-9-7-21(8-10-22)36-32-23-17-29(41-2)26(18-25(23)35-19-24(32)33)37-30(39)11-12-38-13-15-42-16-14-38/h3-10,17-19H,11-16,20,33H2,1-2H3,(H,34,40)(H,35,36)(H,37,39).